The minimum atomic E-state index is -0.335. The fourth-order valence-electron chi connectivity index (χ4n) is 2.63. The van der Waals surface area contributed by atoms with Gasteiger partial charge in [-0.25, -0.2) is 0 Å². The van der Waals surface area contributed by atoms with Crippen LogP contribution < -0.4 is 5.32 Å². The molecule has 0 spiro atoms. The number of amides is 2. The fraction of sp³-hybridized carbons (Fsp3) is 0.190. The fourth-order valence-corrected chi connectivity index (χ4v) is 2.63. The highest BCUT2D eigenvalue weighted by molar-refractivity contribution is 5.98. The number of hydrogen-bond acceptors (Lipinski definition) is 5. The van der Waals surface area contributed by atoms with Gasteiger partial charge in [0.05, 0.1) is 0 Å². The topological polar surface area (TPSA) is 88.1 Å². The number of hydrogen-bond donors (Lipinski definition) is 1. The third-order valence-corrected chi connectivity index (χ3v) is 4.25. The lowest BCUT2D eigenvalue weighted by Crippen LogP contribution is -2.29. The van der Waals surface area contributed by atoms with Crippen molar-refractivity contribution in [2.24, 2.45) is 0 Å². The predicted molar refractivity (Wildman–Crippen MR) is 105 cm³/mol. The van der Waals surface area contributed by atoms with Crippen molar-refractivity contribution >= 4 is 11.8 Å². The van der Waals surface area contributed by atoms with E-state index in [4.69, 9.17) is 0 Å². The Bertz CT molecular complexity index is 932. The second kappa shape index (κ2) is 9.36. The number of pyridine rings is 3. The molecule has 0 fully saturated rings. The van der Waals surface area contributed by atoms with Crippen LogP contribution in [-0.2, 0) is 13.0 Å². The Morgan fingerprint density at radius 3 is 2.57 bits per heavy atom. The normalized spacial score (nSPS) is 10.3. The number of carbonyl (C=O) groups is 2. The Morgan fingerprint density at radius 1 is 1.00 bits per heavy atom. The lowest BCUT2D eigenvalue weighted by Gasteiger charge is -2.17. The van der Waals surface area contributed by atoms with Crippen molar-refractivity contribution in [1.29, 1.82) is 0 Å². The molecule has 0 bridgehead atoms. The maximum absolute atomic E-state index is 12.7. The van der Waals surface area contributed by atoms with Gasteiger partial charge in [-0.15, -0.1) is 0 Å². The number of nitrogens with zero attached hydrogens (tertiary/aromatic N) is 4. The van der Waals surface area contributed by atoms with Crippen LogP contribution >= 0.6 is 0 Å². The monoisotopic (exact) mass is 375 g/mol. The summed E-state index contributed by atoms with van der Waals surface area (Å²) in [5, 5.41) is 2.79. The average Bonchev–Trinajstić information content (AvgIpc) is 2.76. The van der Waals surface area contributed by atoms with Gasteiger partial charge in [0.15, 0.2) is 0 Å². The molecule has 142 valence electrons. The number of likely N-dealkylation sites (N-methyl/N-ethyl adjacent to an activating group) is 1. The van der Waals surface area contributed by atoms with Crippen molar-refractivity contribution in [3.05, 3.63) is 89.8 Å². The van der Waals surface area contributed by atoms with Crippen molar-refractivity contribution < 1.29 is 9.59 Å². The van der Waals surface area contributed by atoms with Gasteiger partial charge in [-0.3, -0.25) is 24.5 Å². The largest absolute Gasteiger partial charge is 0.347 e. The summed E-state index contributed by atoms with van der Waals surface area (Å²) in [7, 11) is 1.74. The minimum absolute atomic E-state index is 0.155. The molecule has 2 amide bonds. The van der Waals surface area contributed by atoms with Gasteiger partial charge < -0.3 is 10.2 Å². The van der Waals surface area contributed by atoms with Crippen molar-refractivity contribution in [3.63, 3.8) is 0 Å². The van der Waals surface area contributed by atoms with Crippen LogP contribution in [0.15, 0.2) is 67.4 Å². The zero-order chi connectivity index (χ0) is 19.8. The van der Waals surface area contributed by atoms with Gasteiger partial charge in [0.1, 0.15) is 5.69 Å². The molecule has 3 rings (SSSR count). The van der Waals surface area contributed by atoms with E-state index in [1.165, 1.54) is 12.3 Å². The molecule has 0 aliphatic heterocycles. The van der Waals surface area contributed by atoms with Gasteiger partial charge in [0.2, 0.25) is 0 Å². The molecule has 0 aliphatic rings. The number of aromatic nitrogens is 3. The van der Waals surface area contributed by atoms with E-state index in [9.17, 15) is 9.59 Å². The first-order valence-corrected chi connectivity index (χ1v) is 8.91. The highest BCUT2D eigenvalue weighted by Crippen LogP contribution is 2.08. The van der Waals surface area contributed by atoms with E-state index in [1.807, 2.05) is 18.2 Å². The van der Waals surface area contributed by atoms with Gasteiger partial charge in [-0.05, 0) is 47.9 Å². The molecule has 0 atom stereocenters. The van der Waals surface area contributed by atoms with Crippen LogP contribution in [0.2, 0.25) is 0 Å². The molecule has 3 heterocycles. The molecule has 0 aromatic carbocycles. The second-order valence-corrected chi connectivity index (χ2v) is 6.31. The van der Waals surface area contributed by atoms with Gasteiger partial charge in [-0.2, -0.15) is 0 Å². The Hall–Kier alpha value is -3.61. The molecule has 0 unspecified atom stereocenters. The van der Waals surface area contributed by atoms with Gasteiger partial charge in [-0.1, -0.05) is 6.07 Å². The van der Waals surface area contributed by atoms with Crippen LogP contribution in [0.3, 0.4) is 0 Å². The standard InChI is InChI=1S/C21H21N5O2/c1-26(12-7-16-4-9-22-10-5-16)21(28)18-6-11-24-19(13-18)20(27)25-15-17-3-2-8-23-14-17/h2-6,8-11,13-14H,7,12,15H2,1H3,(H,25,27). The molecule has 7 heteroatoms. The van der Waals surface area contributed by atoms with Crippen LogP contribution in [0.5, 0.6) is 0 Å². The molecule has 3 aromatic heterocycles. The smallest absolute Gasteiger partial charge is 0.270 e. The van der Waals surface area contributed by atoms with E-state index >= 15 is 0 Å². The predicted octanol–water partition coefficient (Wildman–Crippen LogP) is 2.12. The molecule has 0 aliphatic carbocycles. The summed E-state index contributed by atoms with van der Waals surface area (Å²) in [6.45, 7) is 0.909. The summed E-state index contributed by atoms with van der Waals surface area (Å²) in [6, 6.07) is 10.7. The van der Waals surface area contributed by atoms with E-state index in [0.29, 0.717) is 18.7 Å². The van der Waals surface area contributed by atoms with Crippen molar-refractivity contribution in [3.8, 4) is 0 Å². The van der Waals surface area contributed by atoms with Gasteiger partial charge in [0.25, 0.3) is 11.8 Å². The maximum Gasteiger partial charge on any atom is 0.270 e. The number of nitrogens with one attached hydrogen (secondary N) is 1. The van der Waals surface area contributed by atoms with Crippen molar-refractivity contribution in [2.45, 2.75) is 13.0 Å². The summed E-state index contributed by atoms with van der Waals surface area (Å²) < 4.78 is 0. The summed E-state index contributed by atoms with van der Waals surface area (Å²) >= 11 is 0. The maximum atomic E-state index is 12.7. The van der Waals surface area contributed by atoms with E-state index in [1.54, 1.807) is 48.9 Å². The molecular formula is C21H21N5O2. The summed E-state index contributed by atoms with van der Waals surface area (Å²) in [5.74, 6) is -0.490. The van der Waals surface area contributed by atoms with E-state index in [0.717, 1.165) is 17.5 Å². The Labute approximate surface area is 163 Å². The molecule has 0 radical (unpaired) electrons. The SMILES string of the molecule is CN(CCc1ccncc1)C(=O)c1ccnc(C(=O)NCc2cccnc2)c1. The van der Waals surface area contributed by atoms with E-state index in [-0.39, 0.29) is 17.5 Å². The molecule has 0 saturated carbocycles. The zero-order valence-corrected chi connectivity index (χ0v) is 15.6. The number of carbonyl (C=O) groups excluding carboxylic acids is 2. The summed E-state index contributed by atoms with van der Waals surface area (Å²) in [4.78, 5) is 38.7. The quantitative estimate of drug-likeness (QED) is 0.683. The molecule has 28 heavy (non-hydrogen) atoms. The lowest BCUT2D eigenvalue weighted by molar-refractivity contribution is 0.0796. The highest BCUT2D eigenvalue weighted by atomic mass is 16.2. The van der Waals surface area contributed by atoms with Crippen LogP contribution in [0, 0.1) is 0 Å². The van der Waals surface area contributed by atoms with Crippen LogP contribution in [0.1, 0.15) is 32.0 Å². The first-order valence-electron chi connectivity index (χ1n) is 8.91. The average molecular weight is 375 g/mol. The van der Waals surface area contributed by atoms with Crippen LogP contribution in [-0.4, -0.2) is 45.3 Å². The lowest BCUT2D eigenvalue weighted by atomic mass is 10.1. The first-order chi connectivity index (χ1) is 13.6. The zero-order valence-electron chi connectivity index (χ0n) is 15.6. The highest BCUT2D eigenvalue weighted by Gasteiger charge is 2.15. The Kier molecular flexibility index (Phi) is 6.41. The van der Waals surface area contributed by atoms with E-state index < -0.39 is 0 Å². The number of rotatable bonds is 7. The second-order valence-electron chi connectivity index (χ2n) is 6.31. The molecule has 3 aromatic rings. The van der Waals surface area contributed by atoms with E-state index in [2.05, 4.69) is 20.3 Å². The minimum Gasteiger partial charge on any atom is -0.347 e. The molecule has 0 saturated heterocycles. The molecule has 1 N–H and O–H groups in total. The third-order valence-electron chi connectivity index (χ3n) is 4.25. The van der Waals surface area contributed by atoms with Gasteiger partial charge in [0, 0.05) is 56.7 Å². The summed E-state index contributed by atoms with van der Waals surface area (Å²) in [6.07, 6.45) is 9.03. The third kappa shape index (κ3) is 5.20. The van der Waals surface area contributed by atoms with Gasteiger partial charge >= 0.3 is 0 Å². The first kappa shape index (κ1) is 19.2. The van der Waals surface area contributed by atoms with Crippen molar-refractivity contribution in [2.75, 3.05) is 13.6 Å². The molecule has 7 nitrogen and oxygen atoms in total. The Morgan fingerprint density at radius 2 is 1.82 bits per heavy atom. The van der Waals surface area contributed by atoms with Crippen LogP contribution in [0.25, 0.3) is 0 Å². The Balaban J connectivity index is 1.59. The van der Waals surface area contributed by atoms with Crippen LogP contribution in [0.4, 0.5) is 0 Å². The summed E-state index contributed by atoms with van der Waals surface area (Å²) in [5.41, 5.74) is 2.63. The van der Waals surface area contributed by atoms with Crippen molar-refractivity contribution in [1.82, 2.24) is 25.2 Å². The molecular weight excluding hydrogens is 354 g/mol.